The van der Waals surface area contributed by atoms with E-state index in [1.165, 1.54) is 23.6 Å². The van der Waals surface area contributed by atoms with Crippen molar-refractivity contribution < 1.29 is 81.3 Å². The van der Waals surface area contributed by atoms with Crippen LogP contribution in [0.5, 0.6) is 0 Å². The van der Waals surface area contributed by atoms with E-state index in [1.807, 2.05) is 0 Å². The predicted octanol–water partition coefficient (Wildman–Crippen LogP) is 6.78. The summed E-state index contributed by atoms with van der Waals surface area (Å²) in [7, 11) is 1.99. The maximum absolute atomic E-state index is 13.9. The molecule has 4 N–H and O–H groups in total. The van der Waals surface area contributed by atoms with Gasteiger partial charge in [0.2, 0.25) is 23.5 Å². The highest BCUT2D eigenvalue weighted by molar-refractivity contribution is 5.90. The van der Waals surface area contributed by atoms with E-state index in [0.717, 1.165) is 23.4 Å². The minimum Gasteiger partial charge on any atom is -0.464 e. The lowest BCUT2D eigenvalue weighted by Gasteiger charge is -2.36. The Morgan fingerprint density at radius 2 is 0.897 bits per heavy atom. The SMILES string of the molecule is COC(=O)c1nc(C(F)(F)F)n2c1[C@@H](C)N(C(=O)C[C@H](N)Cc1cc(F)c(F)cc1F)CC2.COC(=O)c1nc(C(F)(F)F)n2c1[C@H](C)N(C(=O)C[C@H](N)Cc1cc(F)c(F)cc1F)CC2.Cl.Cl. The standard InChI is InChI=1S/2C20H20F6N4O3.2ClH/c2*1-9-17-16(18(32)33-2)28-19(20(24,25)26)30(17)4-3-29(9)15(31)7-11(27)5-10-6-13(22)14(23)8-12(10)21;;/h2*6,8-9,11H,3-5,7,27H2,1-2H3;2*1H/t9-,11+;9-,11-;;/m01../s1. The number of hydrogen-bond acceptors (Lipinski definition) is 10. The monoisotopic (exact) mass is 1030 g/mol. The van der Waals surface area contributed by atoms with E-state index in [-0.39, 0.29) is 99.2 Å². The number of nitrogens with zero attached hydrogens (tertiary/aromatic N) is 6. The third-order valence-corrected chi connectivity index (χ3v) is 10.8. The van der Waals surface area contributed by atoms with Crippen molar-refractivity contribution in [2.24, 2.45) is 11.5 Å². The van der Waals surface area contributed by atoms with Gasteiger partial charge in [0.1, 0.15) is 11.6 Å². The fourth-order valence-corrected chi connectivity index (χ4v) is 7.77. The number of amides is 2. The van der Waals surface area contributed by atoms with Crippen LogP contribution in [0.1, 0.15) is 93.9 Å². The Balaban J connectivity index is 0.000000350. The van der Waals surface area contributed by atoms with Crippen LogP contribution >= 0.6 is 24.8 Å². The normalized spacial score (nSPS) is 16.5. The van der Waals surface area contributed by atoms with Gasteiger partial charge >= 0.3 is 24.3 Å². The fraction of sp³-hybridized carbons (Fsp3) is 0.450. The fourth-order valence-electron chi connectivity index (χ4n) is 7.77. The number of benzene rings is 2. The molecule has 2 aromatic carbocycles. The Bertz CT molecular complexity index is 2350. The zero-order chi connectivity index (χ0) is 49.3. The van der Waals surface area contributed by atoms with Gasteiger partial charge in [0.05, 0.1) is 37.7 Å². The number of alkyl halides is 6. The number of carbonyl (C=O) groups excluding carboxylic acids is 4. The minimum atomic E-state index is -4.83. The molecule has 2 aliphatic rings. The highest BCUT2D eigenvalue weighted by atomic mass is 35.5. The molecule has 376 valence electrons. The molecule has 2 aromatic heterocycles. The molecule has 0 spiro atoms. The Labute approximate surface area is 390 Å². The maximum atomic E-state index is 13.9. The second-order valence-electron chi connectivity index (χ2n) is 15.2. The molecule has 2 amide bonds. The number of aromatic nitrogens is 4. The predicted molar refractivity (Wildman–Crippen MR) is 217 cm³/mol. The summed E-state index contributed by atoms with van der Waals surface area (Å²) in [4.78, 5) is 59.0. The molecular weight excluding hydrogens is 987 g/mol. The Hall–Kier alpha value is -5.60. The molecular formula is C40H42Cl2F12N8O6. The zero-order valence-corrected chi connectivity index (χ0v) is 37.5. The third-order valence-electron chi connectivity index (χ3n) is 10.8. The largest absolute Gasteiger partial charge is 0.464 e. The van der Waals surface area contributed by atoms with E-state index in [1.54, 1.807) is 0 Å². The summed E-state index contributed by atoms with van der Waals surface area (Å²) in [5, 5.41) is 0. The maximum Gasteiger partial charge on any atom is 0.449 e. The van der Waals surface area contributed by atoms with Crippen LogP contribution in [0, 0.1) is 34.9 Å². The molecule has 4 heterocycles. The first kappa shape index (κ1) is 56.7. The average Bonchev–Trinajstić information content (AvgIpc) is 3.83. The van der Waals surface area contributed by atoms with Gasteiger partial charge in [-0.15, -0.1) is 24.8 Å². The van der Waals surface area contributed by atoms with Crippen LogP contribution < -0.4 is 11.5 Å². The van der Waals surface area contributed by atoms with E-state index >= 15 is 0 Å². The van der Waals surface area contributed by atoms with Gasteiger partial charge < -0.3 is 39.9 Å². The van der Waals surface area contributed by atoms with Gasteiger partial charge in [-0.1, -0.05) is 0 Å². The van der Waals surface area contributed by atoms with Crippen molar-refractivity contribution in [1.29, 1.82) is 0 Å². The van der Waals surface area contributed by atoms with Gasteiger partial charge in [-0.25, -0.2) is 45.9 Å². The number of methoxy groups -OCH3 is 2. The van der Waals surface area contributed by atoms with Crippen LogP contribution in [-0.4, -0.2) is 92.0 Å². The van der Waals surface area contributed by atoms with Crippen molar-refractivity contribution in [3.63, 3.8) is 0 Å². The van der Waals surface area contributed by atoms with Crippen molar-refractivity contribution >= 4 is 48.6 Å². The molecule has 28 heteroatoms. The van der Waals surface area contributed by atoms with E-state index in [4.69, 9.17) is 11.5 Å². The lowest BCUT2D eigenvalue weighted by molar-refractivity contribution is -0.149. The first-order valence-corrected chi connectivity index (χ1v) is 19.6. The molecule has 6 rings (SSSR count). The second-order valence-corrected chi connectivity index (χ2v) is 15.2. The van der Waals surface area contributed by atoms with Crippen molar-refractivity contribution in [1.82, 2.24) is 28.9 Å². The van der Waals surface area contributed by atoms with Crippen molar-refractivity contribution in [3.8, 4) is 0 Å². The summed E-state index contributed by atoms with van der Waals surface area (Å²) in [6.07, 6.45) is -10.9. The summed E-state index contributed by atoms with van der Waals surface area (Å²) in [5.41, 5.74) is 9.99. The molecule has 4 atom stereocenters. The molecule has 0 aliphatic carbocycles. The second kappa shape index (κ2) is 22.2. The van der Waals surface area contributed by atoms with Gasteiger partial charge in [0.25, 0.3) is 0 Å². The summed E-state index contributed by atoms with van der Waals surface area (Å²) in [6, 6.07) is -1.87. The molecule has 0 bridgehead atoms. The van der Waals surface area contributed by atoms with E-state index in [2.05, 4.69) is 19.4 Å². The van der Waals surface area contributed by atoms with Crippen LogP contribution in [0.15, 0.2) is 24.3 Å². The highest BCUT2D eigenvalue weighted by Gasteiger charge is 2.46. The Kier molecular flexibility index (Phi) is 18.5. The summed E-state index contributed by atoms with van der Waals surface area (Å²) >= 11 is 0. The van der Waals surface area contributed by atoms with Crippen molar-refractivity contribution in [3.05, 3.63) is 105 Å². The number of nitrogens with two attached hydrogens (primary N) is 2. The lowest BCUT2D eigenvalue weighted by Crippen LogP contribution is -2.44. The van der Waals surface area contributed by atoms with Crippen LogP contribution in [0.4, 0.5) is 52.7 Å². The highest BCUT2D eigenvalue weighted by Crippen LogP contribution is 2.38. The summed E-state index contributed by atoms with van der Waals surface area (Å²) in [6.45, 7) is 2.04. The summed E-state index contributed by atoms with van der Waals surface area (Å²) < 4.78 is 172. The zero-order valence-electron chi connectivity index (χ0n) is 35.9. The van der Waals surface area contributed by atoms with E-state index in [0.29, 0.717) is 24.3 Å². The van der Waals surface area contributed by atoms with Gasteiger partial charge in [-0.05, 0) is 49.9 Å². The molecule has 68 heavy (non-hydrogen) atoms. The number of hydrogen-bond donors (Lipinski definition) is 2. The lowest BCUT2D eigenvalue weighted by atomic mass is 10.0. The number of ether oxygens (including phenoxy) is 2. The average molecular weight is 1030 g/mol. The number of fused-ring (bicyclic) bond motifs is 2. The number of carbonyl (C=O) groups is 4. The van der Waals surface area contributed by atoms with Crippen molar-refractivity contribution in [2.45, 2.75) is 89.1 Å². The van der Waals surface area contributed by atoms with Gasteiger partial charge in [-0.3, -0.25) is 9.59 Å². The van der Waals surface area contributed by atoms with E-state index < -0.39 is 118 Å². The van der Waals surface area contributed by atoms with Crippen LogP contribution in [-0.2, 0) is 57.3 Å². The van der Waals surface area contributed by atoms with Crippen LogP contribution in [0.2, 0.25) is 0 Å². The number of rotatable bonds is 10. The minimum absolute atomic E-state index is 0. The molecule has 0 saturated carbocycles. The first-order valence-electron chi connectivity index (χ1n) is 19.6. The third kappa shape index (κ3) is 12.2. The smallest absolute Gasteiger partial charge is 0.449 e. The number of esters is 2. The van der Waals surface area contributed by atoms with Gasteiger partial charge in [-0.2, -0.15) is 26.3 Å². The van der Waals surface area contributed by atoms with Gasteiger partial charge in [0, 0.05) is 63.2 Å². The molecule has 14 nitrogen and oxygen atoms in total. The number of imidazole rings is 2. The molecule has 0 radical (unpaired) electrons. The molecule has 4 aromatic rings. The Morgan fingerprint density at radius 3 is 1.19 bits per heavy atom. The Morgan fingerprint density at radius 1 is 0.588 bits per heavy atom. The number of halogens is 14. The van der Waals surface area contributed by atoms with Gasteiger partial charge in [0.15, 0.2) is 34.7 Å². The molecule has 2 aliphatic heterocycles. The quantitative estimate of drug-likeness (QED) is 0.0977. The molecule has 0 saturated heterocycles. The first-order chi connectivity index (χ1) is 30.7. The summed E-state index contributed by atoms with van der Waals surface area (Å²) in [5.74, 6) is -13.2. The van der Waals surface area contributed by atoms with Crippen LogP contribution in [0.25, 0.3) is 0 Å². The van der Waals surface area contributed by atoms with E-state index in [9.17, 15) is 71.9 Å². The topological polar surface area (TPSA) is 181 Å². The molecule has 0 fully saturated rings. The van der Waals surface area contributed by atoms with Crippen LogP contribution in [0.3, 0.4) is 0 Å². The molecule has 0 unspecified atom stereocenters. The van der Waals surface area contributed by atoms with Crippen molar-refractivity contribution in [2.75, 3.05) is 27.3 Å².